The second-order valence-electron chi connectivity index (χ2n) is 4.57. The summed E-state index contributed by atoms with van der Waals surface area (Å²) in [7, 11) is 0. The van der Waals surface area contributed by atoms with Gasteiger partial charge in [0.25, 0.3) is 0 Å². The van der Waals surface area contributed by atoms with Crippen LogP contribution in [0.15, 0.2) is 60.8 Å². The van der Waals surface area contributed by atoms with E-state index in [1.165, 1.54) is 0 Å². The second kappa shape index (κ2) is 5.90. The lowest BCUT2D eigenvalue weighted by Gasteiger charge is -2.15. The van der Waals surface area contributed by atoms with Crippen molar-refractivity contribution in [1.29, 1.82) is 0 Å². The Bertz CT molecular complexity index is 756. The third-order valence-corrected chi connectivity index (χ3v) is 3.78. The minimum Gasteiger partial charge on any atom is -0.382 e. The Balaban J connectivity index is 2.06. The Morgan fingerprint density at radius 3 is 2.52 bits per heavy atom. The highest BCUT2D eigenvalue weighted by atomic mass is 35.5. The molecule has 1 aromatic heterocycles. The van der Waals surface area contributed by atoms with Gasteiger partial charge in [0.15, 0.2) is 0 Å². The maximum absolute atomic E-state index is 10.6. The van der Waals surface area contributed by atoms with Crippen molar-refractivity contribution in [1.82, 2.24) is 9.78 Å². The van der Waals surface area contributed by atoms with Gasteiger partial charge in [-0.3, -0.25) is 0 Å². The molecule has 0 amide bonds. The zero-order valence-corrected chi connectivity index (χ0v) is 12.5. The highest BCUT2D eigenvalue weighted by molar-refractivity contribution is 6.33. The number of aromatic nitrogens is 2. The Morgan fingerprint density at radius 2 is 1.76 bits per heavy atom. The van der Waals surface area contributed by atoms with Crippen LogP contribution in [0.5, 0.6) is 0 Å². The predicted molar refractivity (Wildman–Crippen MR) is 84.1 cm³/mol. The summed E-state index contributed by atoms with van der Waals surface area (Å²) in [4.78, 5) is 0. The Morgan fingerprint density at radius 1 is 1.00 bits per heavy atom. The van der Waals surface area contributed by atoms with Crippen molar-refractivity contribution in [2.45, 2.75) is 6.10 Å². The molecule has 3 rings (SSSR count). The minimum atomic E-state index is -0.904. The van der Waals surface area contributed by atoms with Crippen LogP contribution >= 0.6 is 23.2 Å². The van der Waals surface area contributed by atoms with Crippen molar-refractivity contribution >= 4 is 23.2 Å². The lowest BCUT2D eigenvalue weighted by molar-refractivity contribution is 0.212. The number of hydrogen-bond donors (Lipinski definition) is 1. The summed E-state index contributed by atoms with van der Waals surface area (Å²) in [6.07, 6.45) is 0.739. The maximum atomic E-state index is 10.6. The summed E-state index contributed by atoms with van der Waals surface area (Å²) < 4.78 is 1.68. The van der Waals surface area contributed by atoms with E-state index >= 15 is 0 Å². The van der Waals surface area contributed by atoms with E-state index in [-0.39, 0.29) is 0 Å². The molecule has 3 aromatic rings. The predicted octanol–water partition coefficient (Wildman–Crippen LogP) is 4.26. The monoisotopic (exact) mass is 318 g/mol. The molecule has 0 radical (unpaired) electrons. The first kappa shape index (κ1) is 14.1. The molecule has 2 aromatic carbocycles. The van der Waals surface area contributed by atoms with E-state index in [0.29, 0.717) is 21.3 Å². The van der Waals surface area contributed by atoms with Crippen molar-refractivity contribution < 1.29 is 5.11 Å². The van der Waals surface area contributed by atoms with E-state index in [2.05, 4.69) is 5.10 Å². The van der Waals surface area contributed by atoms with Crippen LogP contribution in [-0.4, -0.2) is 14.9 Å². The Labute approximate surface area is 132 Å². The normalized spacial score (nSPS) is 12.3. The van der Waals surface area contributed by atoms with E-state index in [1.807, 2.05) is 30.3 Å². The van der Waals surface area contributed by atoms with Gasteiger partial charge in [-0.2, -0.15) is 5.10 Å². The van der Waals surface area contributed by atoms with Crippen molar-refractivity contribution in [2.24, 2.45) is 0 Å². The molecule has 1 heterocycles. The summed E-state index contributed by atoms with van der Waals surface area (Å²) >= 11 is 12.1. The zero-order chi connectivity index (χ0) is 14.8. The smallest absolute Gasteiger partial charge is 0.123 e. The van der Waals surface area contributed by atoms with Crippen LogP contribution in [0.3, 0.4) is 0 Å². The largest absolute Gasteiger partial charge is 0.382 e. The first-order valence-corrected chi connectivity index (χ1v) is 7.15. The summed E-state index contributed by atoms with van der Waals surface area (Å²) in [6.45, 7) is 0. The van der Waals surface area contributed by atoms with E-state index in [4.69, 9.17) is 23.2 Å². The van der Waals surface area contributed by atoms with Gasteiger partial charge < -0.3 is 5.11 Å². The molecule has 0 aliphatic carbocycles. The van der Waals surface area contributed by atoms with Gasteiger partial charge >= 0.3 is 0 Å². The van der Waals surface area contributed by atoms with Gasteiger partial charge in [-0.05, 0) is 36.4 Å². The number of halogens is 2. The number of aliphatic hydroxyl groups excluding tert-OH is 1. The van der Waals surface area contributed by atoms with Crippen LogP contribution in [0.4, 0.5) is 0 Å². The van der Waals surface area contributed by atoms with Gasteiger partial charge in [-0.25, -0.2) is 4.68 Å². The quantitative estimate of drug-likeness (QED) is 0.783. The molecule has 21 heavy (non-hydrogen) atoms. The zero-order valence-electron chi connectivity index (χ0n) is 10.9. The Hall–Kier alpha value is -1.81. The van der Waals surface area contributed by atoms with Crippen LogP contribution in [0, 0.1) is 0 Å². The molecule has 0 aliphatic rings. The molecule has 0 fully saturated rings. The second-order valence-corrected chi connectivity index (χ2v) is 5.42. The van der Waals surface area contributed by atoms with Crippen LogP contribution in [0.25, 0.3) is 5.69 Å². The summed E-state index contributed by atoms with van der Waals surface area (Å²) in [5.74, 6) is 0. The lowest BCUT2D eigenvalue weighted by Crippen LogP contribution is -2.09. The summed E-state index contributed by atoms with van der Waals surface area (Å²) in [6, 6.07) is 16.4. The number of hydrogen-bond acceptors (Lipinski definition) is 2. The molecule has 0 saturated heterocycles. The van der Waals surface area contributed by atoms with E-state index in [1.54, 1.807) is 35.1 Å². The molecule has 3 nitrogen and oxygen atoms in total. The fraction of sp³-hybridized carbons (Fsp3) is 0.0625. The van der Waals surface area contributed by atoms with Crippen molar-refractivity contribution in [3.63, 3.8) is 0 Å². The van der Waals surface area contributed by atoms with Gasteiger partial charge in [-0.1, -0.05) is 41.4 Å². The lowest BCUT2D eigenvalue weighted by atomic mass is 10.1. The summed E-state index contributed by atoms with van der Waals surface area (Å²) in [5, 5.41) is 15.9. The number of rotatable bonds is 3. The van der Waals surface area contributed by atoms with Gasteiger partial charge in [0.05, 0.1) is 11.4 Å². The van der Waals surface area contributed by atoms with Gasteiger partial charge in [0, 0.05) is 21.8 Å². The van der Waals surface area contributed by atoms with Gasteiger partial charge in [-0.15, -0.1) is 0 Å². The number of nitrogens with zero attached hydrogens (tertiary/aromatic N) is 2. The SMILES string of the molecule is OC(c1cc(Cl)ccc1Cl)c1ccnn1-c1ccccc1. The number of aliphatic hydroxyl groups is 1. The molecule has 1 atom stereocenters. The molecule has 0 spiro atoms. The van der Waals surface area contributed by atoms with Crippen molar-refractivity contribution in [3.8, 4) is 5.69 Å². The standard InChI is InChI=1S/C16H12Cl2N2O/c17-11-6-7-14(18)13(10-11)16(21)15-8-9-19-20(15)12-4-2-1-3-5-12/h1-10,16,21H. The number of para-hydroxylation sites is 1. The topological polar surface area (TPSA) is 38.1 Å². The van der Waals surface area contributed by atoms with Crippen LogP contribution in [-0.2, 0) is 0 Å². The molecular weight excluding hydrogens is 307 g/mol. The molecule has 0 aliphatic heterocycles. The third kappa shape index (κ3) is 2.81. The molecule has 106 valence electrons. The molecule has 0 bridgehead atoms. The van der Waals surface area contributed by atoms with E-state index in [9.17, 15) is 5.11 Å². The fourth-order valence-electron chi connectivity index (χ4n) is 2.19. The van der Waals surface area contributed by atoms with Gasteiger partial charge in [0.1, 0.15) is 6.10 Å². The fourth-order valence-corrected chi connectivity index (χ4v) is 2.59. The van der Waals surface area contributed by atoms with Crippen LogP contribution in [0.1, 0.15) is 17.4 Å². The third-order valence-electron chi connectivity index (χ3n) is 3.21. The molecular formula is C16H12Cl2N2O. The first-order chi connectivity index (χ1) is 10.2. The summed E-state index contributed by atoms with van der Waals surface area (Å²) in [5.41, 5.74) is 2.06. The van der Waals surface area contributed by atoms with Gasteiger partial charge in [0.2, 0.25) is 0 Å². The Kier molecular flexibility index (Phi) is 3.97. The van der Waals surface area contributed by atoms with Crippen molar-refractivity contribution in [3.05, 3.63) is 82.1 Å². The molecule has 5 heteroatoms. The van der Waals surface area contributed by atoms with E-state index in [0.717, 1.165) is 5.69 Å². The average molecular weight is 319 g/mol. The average Bonchev–Trinajstić information content (AvgIpc) is 2.99. The molecule has 1 N–H and O–H groups in total. The minimum absolute atomic E-state index is 0.465. The highest BCUT2D eigenvalue weighted by Crippen LogP contribution is 2.31. The maximum Gasteiger partial charge on any atom is 0.123 e. The highest BCUT2D eigenvalue weighted by Gasteiger charge is 2.19. The molecule has 1 unspecified atom stereocenters. The van der Waals surface area contributed by atoms with Crippen LogP contribution in [0.2, 0.25) is 10.0 Å². The first-order valence-electron chi connectivity index (χ1n) is 6.39. The van der Waals surface area contributed by atoms with Crippen molar-refractivity contribution in [2.75, 3.05) is 0 Å². The molecule has 0 saturated carbocycles. The van der Waals surface area contributed by atoms with E-state index < -0.39 is 6.10 Å². The number of benzene rings is 2. The van der Waals surface area contributed by atoms with Crippen LogP contribution < -0.4 is 0 Å².